The second-order valence-electron chi connectivity index (χ2n) is 6.16. The molecule has 146 valence electrons. The molecule has 3 aromatic carbocycles. The smallest absolute Gasteiger partial charge is 0.262 e. The number of nitrogens with two attached hydrogens (primary N) is 1. The molecule has 3 rings (SSSR count). The van der Waals surface area contributed by atoms with E-state index >= 15 is 0 Å². The van der Waals surface area contributed by atoms with E-state index in [-0.39, 0.29) is 23.9 Å². The Labute approximate surface area is 173 Å². The second kappa shape index (κ2) is 9.54. The van der Waals surface area contributed by atoms with Crippen LogP contribution in [0, 0.1) is 22.8 Å². The Bertz CT molecular complexity index is 1160. The number of benzene rings is 3. The van der Waals surface area contributed by atoms with E-state index in [1.807, 2.05) is 36.4 Å². The predicted octanol–water partition coefficient (Wildman–Crippen LogP) is 3.33. The third-order valence-electron chi connectivity index (χ3n) is 4.23. The van der Waals surface area contributed by atoms with Crippen LogP contribution in [-0.4, -0.2) is 11.9 Å². The molecule has 0 heterocycles. The molecule has 0 fully saturated rings. The minimum absolute atomic E-state index is 0.132. The summed E-state index contributed by atoms with van der Waals surface area (Å²) in [7, 11) is 0. The molecule has 0 saturated heterocycles. The van der Waals surface area contributed by atoms with Gasteiger partial charge in [-0.1, -0.05) is 60.7 Å². The monoisotopic (exact) mass is 395 g/mol. The third-order valence-corrected chi connectivity index (χ3v) is 4.23. The zero-order chi connectivity index (χ0) is 21.3. The van der Waals surface area contributed by atoms with E-state index in [1.54, 1.807) is 36.4 Å². The molecule has 0 aromatic heterocycles. The minimum atomic E-state index is -0.634. The molecule has 0 bridgehead atoms. The van der Waals surface area contributed by atoms with Crippen molar-refractivity contribution in [3.05, 3.63) is 89.5 Å². The molecule has 0 aliphatic rings. The van der Waals surface area contributed by atoms with Crippen LogP contribution in [0.5, 0.6) is 5.75 Å². The lowest BCUT2D eigenvalue weighted by molar-refractivity contribution is 0.0973. The van der Waals surface area contributed by atoms with Gasteiger partial charge in [0.25, 0.3) is 5.91 Å². The van der Waals surface area contributed by atoms with Gasteiger partial charge in [-0.3, -0.25) is 10.1 Å². The summed E-state index contributed by atoms with van der Waals surface area (Å²) in [4.78, 5) is 16.4. The van der Waals surface area contributed by atoms with Gasteiger partial charge in [0.1, 0.15) is 12.4 Å². The van der Waals surface area contributed by atoms with Gasteiger partial charge in [-0.15, -0.1) is 4.99 Å². The number of hydrogen-bond acceptors (Lipinski definition) is 5. The molecule has 1 amide bonds. The molecule has 0 saturated carbocycles. The molecule has 0 aliphatic heterocycles. The van der Waals surface area contributed by atoms with Gasteiger partial charge < -0.3 is 10.5 Å². The van der Waals surface area contributed by atoms with Gasteiger partial charge >= 0.3 is 0 Å². The van der Waals surface area contributed by atoms with Crippen LogP contribution >= 0.6 is 0 Å². The van der Waals surface area contributed by atoms with E-state index in [9.17, 15) is 10.1 Å². The van der Waals surface area contributed by atoms with Gasteiger partial charge in [0.2, 0.25) is 12.2 Å². The summed E-state index contributed by atoms with van der Waals surface area (Å²) < 4.78 is 5.93. The Hall–Kier alpha value is -4.62. The maximum atomic E-state index is 13.1. The number of nitriles is 2. The molecular formula is C23H17N5O2. The Kier molecular flexibility index (Phi) is 6.40. The zero-order valence-electron chi connectivity index (χ0n) is 15.9. The van der Waals surface area contributed by atoms with Crippen molar-refractivity contribution in [3.63, 3.8) is 0 Å². The topological polar surface area (TPSA) is 124 Å². The first-order valence-electron chi connectivity index (χ1n) is 8.97. The molecule has 0 atom stereocenters. The number of guanidine groups is 1. The molecule has 3 aromatic rings. The molecular weight excluding hydrogens is 378 g/mol. The van der Waals surface area contributed by atoms with Crippen LogP contribution in [0.4, 0.5) is 0 Å². The Morgan fingerprint density at radius 1 is 1.00 bits per heavy atom. The molecule has 0 unspecified atom stereocenters. The molecule has 3 N–H and O–H groups in total. The van der Waals surface area contributed by atoms with Gasteiger partial charge in [0.15, 0.2) is 0 Å². The van der Waals surface area contributed by atoms with E-state index in [2.05, 4.69) is 16.4 Å². The van der Waals surface area contributed by atoms with E-state index in [0.717, 1.165) is 5.56 Å². The Balaban J connectivity index is 2.12. The average Bonchev–Trinajstić information content (AvgIpc) is 2.78. The number of hydrogen-bond donors (Lipinski definition) is 2. The predicted molar refractivity (Wildman–Crippen MR) is 112 cm³/mol. The summed E-state index contributed by atoms with van der Waals surface area (Å²) >= 11 is 0. The zero-order valence-corrected chi connectivity index (χ0v) is 15.9. The molecule has 7 heteroatoms. The number of carbonyl (C=O) groups is 1. The van der Waals surface area contributed by atoms with Crippen molar-refractivity contribution in [3.8, 4) is 29.1 Å². The maximum Gasteiger partial charge on any atom is 0.262 e. The highest BCUT2D eigenvalue weighted by molar-refractivity contribution is 6.11. The lowest BCUT2D eigenvalue weighted by Gasteiger charge is -2.17. The Morgan fingerprint density at radius 3 is 2.30 bits per heavy atom. The molecule has 0 spiro atoms. The summed E-state index contributed by atoms with van der Waals surface area (Å²) in [6, 6.07) is 23.8. The van der Waals surface area contributed by atoms with Crippen LogP contribution < -0.4 is 15.8 Å². The normalized spacial score (nSPS) is 10.5. The largest absolute Gasteiger partial charge is 0.488 e. The first-order valence-corrected chi connectivity index (χ1v) is 8.97. The van der Waals surface area contributed by atoms with Crippen molar-refractivity contribution in [1.82, 2.24) is 5.32 Å². The van der Waals surface area contributed by atoms with E-state index < -0.39 is 5.91 Å². The Morgan fingerprint density at radius 2 is 1.67 bits per heavy atom. The number of rotatable bonds is 5. The van der Waals surface area contributed by atoms with Gasteiger partial charge in [-0.25, -0.2) is 0 Å². The lowest BCUT2D eigenvalue weighted by atomic mass is 9.93. The van der Waals surface area contributed by atoms with Gasteiger partial charge in [-0.05, 0) is 23.3 Å². The summed E-state index contributed by atoms with van der Waals surface area (Å²) in [5.41, 5.74) is 8.01. The van der Waals surface area contributed by atoms with Crippen LogP contribution in [0.25, 0.3) is 11.1 Å². The van der Waals surface area contributed by atoms with Gasteiger partial charge in [0.05, 0.1) is 17.2 Å². The number of ether oxygens (including phenoxy) is 1. The second-order valence-corrected chi connectivity index (χ2v) is 6.16. The van der Waals surface area contributed by atoms with E-state index in [0.29, 0.717) is 16.7 Å². The van der Waals surface area contributed by atoms with E-state index in [4.69, 9.17) is 15.7 Å². The number of carbonyl (C=O) groups excluding carboxylic acids is 1. The molecule has 7 nitrogen and oxygen atoms in total. The van der Waals surface area contributed by atoms with Crippen LogP contribution in [-0.2, 0) is 6.61 Å². The number of aliphatic imine (C=N–C) groups is 1. The maximum absolute atomic E-state index is 13.1. The summed E-state index contributed by atoms with van der Waals surface area (Å²) in [5.74, 6) is -0.706. The van der Waals surface area contributed by atoms with E-state index in [1.165, 1.54) is 6.19 Å². The summed E-state index contributed by atoms with van der Waals surface area (Å²) in [6.45, 7) is 0.225. The van der Waals surface area contributed by atoms with Crippen molar-refractivity contribution in [2.45, 2.75) is 6.61 Å². The fourth-order valence-corrected chi connectivity index (χ4v) is 2.92. The van der Waals surface area contributed by atoms with Crippen molar-refractivity contribution >= 4 is 11.9 Å². The van der Waals surface area contributed by atoms with Gasteiger partial charge in [-0.2, -0.15) is 10.5 Å². The van der Waals surface area contributed by atoms with Crippen molar-refractivity contribution in [1.29, 1.82) is 10.5 Å². The quantitative estimate of drug-likeness (QED) is 0.389. The SMILES string of the molecule is N#C/N=C(\N)NC(=O)c1c(OCc2ccccc2)ccc(C#N)c1-c1ccccc1. The van der Waals surface area contributed by atoms with Crippen LogP contribution in [0.3, 0.4) is 0 Å². The molecule has 0 radical (unpaired) electrons. The average molecular weight is 395 g/mol. The van der Waals surface area contributed by atoms with Crippen LogP contribution in [0.1, 0.15) is 21.5 Å². The summed E-state index contributed by atoms with van der Waals surface area (Å²) in [5, 5.41) is 20.7. The first-order chi connectivity index (χ1) is 14.6. The van der Waals surface area contributed by atoms with Crippen molar-refractivity contribution in [2.75, 3.05) is 0 Å². The molecule has 30 heavy (non-hydrogen) atoms. The number of nitrogens with one attached hydrogen (secondary N) is 1. The van der Waals surface area contributed by atoms with Gasteiger partial charge in [0, 0.05) is 5.56 Å². The fraction of sp³-hybridized carbons (Fsp3) is 0.0435. The highest BCUT2D eigenvalue weighted by Gasteiger charge is 2.23. The fourth-order valence-electron chi connectivity index (χ4n) is 2.92. The van der Waals surface area contributed by atoms with Crippen LogP contribution in [0.15, 0.2) is 77.8 Å². The van der Waals surface area contributed by atoms with Crippen LogP contribution in [0.2, 0.25) is 0 Å². The minimum Gasteiger partial charge on any atom is -0.488 e. The molecule has 0 aliphatic carbocycles. The highest BCUT2D eigenvalue weighted by atomic mass is 16.5. The number of amides is 1. The first kappa shape index (κ1) is 20.1. The standard InChI is InChI=1S/C23H17N5O2/c24-13-18-11-12-19(30-14-16-7-3-1-4-8-16)21(22(29)28-23(26)27-15-25)20(18)17-9-5-2-6-10-17/h1-12H,14H2,(H3,26,27,28,29). The highest BCUT2D eigenvalue weighted by Crippen LogP contribution is 2.34. The third kappa shape index (κ3) is 4.61. The summed E-state index contributed by atoms with van der Waals surface area (Å²) in [6.07, 6.45) is 1.52. The van der Waals surface area contributed by atoms with Crippen molar-refractivity contribution < 1.29 is 9.53 Å². The lowest BCUT2D eigenvalue weighted by Crippen LogP contribution is -2.37. The number of nitrogens with zero attached hydrogens (tertiary/aromatic N) is 3. The van der Waals surface area contributed by atoms with Crippen molar-refractivity contribution in [2.24, 2.45) is 10.7 Å².